The van der Waals surface area contributed by atoms with Crippen molar-refractivity contribution >= 4 is 5.91 Å². The molecule has 0 spiro atoms. The topological polar surface area (TPSA) is 51.2 Å². The van der Waals surface area contributed by atoms with Gasteiger partial charge in [-0.1, -0.05) is 6.07 Å². The lowest BCUT2D eigenvalue weighted by Crippen LogP contribution is -2.23. The van der Waals surface area contributed by atoms with Gasteiger partial charge >= 0.3 is 0 Å². The Hall–Kier alpha value is -3.28. The number of aromatic nitrogens is 1. The number of rotatable bonds is 5. The predicted octanol–water partition coefficient (Wildman–Crippen LogP) is 4.70. The van der Waals surface area contributed by atoms with Gasteiger partial charge in [0.1, 0.15) is 23.1 Å². The molecule has 1 aromatic heterocycles. The van der Waals surface area contributed by atoms with E-state index >= 15 is 0 Å². The van der Waals surface area contributed by atoms with Gasteiger partial charge in [0.2, 0.25) is 0 Å². The molecule has 3 rings (SSSR count). The highest BCUT2D eigenvalue weighted by molar-refractivity contribution is 5.96. The molecular formula is C21H18F2N2O2. The largest absolute Gasteiger partial charge is 0.457 e. The number of hydrogen-bond donors (Lipinski definition) is 1. The average Bonchev–Trinajstić information content (AvgIpc) is 2.61. The second kappa shape index (κ2) is 7.95. The van der Waals surface area contributed by atoms with Gasteiger partial charge in [0.15, 0.2) is 0 Å². The lowest BCUT2D eigenvalue weighted by molar-refractivity contribution is 0.0950. The van der Waals surface area contributed by atoms with Crippen LogP contribution in [-0.2, 0) is 6.54 Å². The normalized spacial score (nSPS) is 10.5. The monoisotopic (exact) mass is 368 g/mol. The van der Waals surface area contributed by atoms with Crippen molar-refractivity contribution in [3.63, 3.8) is 0 Å². The van der Waals surface area contributed by atoms with Gasteiger partial charge in [0.25, 0.3) is 5.91 Å². The molecule has 0 fully saturated rings. The summed E-state index contributed by atoms with van der Waals surface area (Å²) in [6.45, 7) is 3.65. The summed E-state index contributed by atoms with van der Waals surface area (Å²) in [6, 6.07) is 11.8. The summed E-state index contributed by atoms with van der Waals surface area (Å²) in [5.74, 6) is -0.547. The van der Waals surface area contributed by atoms with Crippen molar-refractivity contribution in [3.05, 3.63) is 88.7 Å². The number of nitrogens with one attached hydrogen (secondary N) is 1. The average molecular weight is 368 g/mol. The van der Waals surface area contributed by atoms with Crippen LogP contribution in [0, 0.1) is 25.5 Å². The summed E-state index contributed by atoms with van der Waals surface area (Å²) in [5.41, 5.74) is 2.25. The summed E-state index contributed by atoms with van der Waals surface area (Å²) in [7, 11) is 0. The summed E-state index contributed by atoms with van der Waals surface area (Å²) in [6.07, 6.45) is 1.65. The van der Waals surface area contributed by atoms with Crippen LogP contribution in [0.5, 0.6) is 11.5 Å². The summed E-state index contributed by atoms with van der Waals surface area (Å²) >= 11 is 0. The van der Waals surface area contributed by atoms with Gasteiger partial charge in [0, 0.05) is 41.7 Å². The Bertz CT molecular complexity index is 969. The summed E-state index contributed by atoms with van der Waals surface area (Å²) in [5, 5.41) is 2.67. The number of pyridine rings is 1. The summed E-state index contributed by atoms with van der Waals surface area (Å²) < 4.78 is 32.4. The van der Waals surface area contributed by atoms with Gasteiger partial charge in [-0.15, -0.1) is 0 Å². The second-order valence-electron chi connectivity index (χ2n) is 6.12. The van der Waals surface area contributed by atoms with Gasteiger partial charge in [-0.3, -0.25) is 9.78 Å². The lowest BCUT2D eigenvalue weighted by atomic mass is 10.1. The molecule has 138 valence electrons. The van der Waals surface area contributed by atoms with Crippen LogP contribution in [0.25, 0.3) is 0 Å². The fourth-order valence-corrected chi connectivity index (χ4v) is 2.67. The van der Waals surface area contributed by atoms with E-state index in [4.69, 9.17) is 4.74 Å². The van der Waals surface area contributed by atoms with E-state index < -0.39 is 11.6 Å². The van der Waals surface area contributed by atoms with Gasteiger partial charge in [-0.2, -0.15) is 0 Å². The van der Waals surface area contributed by atoms with E-state index in [1.165, 1.54) is 12.1 Å². The van der Waals surface area contributed by atoms with Crippen LogP contribution >= 0.6 is 0 Å². The van der Waals surface area contributed by atoms with Crippen molar-refractivity contribution in [2.75, 3.05) is 0 Å². The van der Waals surface area contributed by atoms with Crippen molar-refractivity contribution in [2.24, 2.45) is 0 Å². The maximum atomic E-state index is 13.3. The van der Waals surface area contributed by atoms with Gasteiger partial charge < -0.3 is 10.1 Å². The highest BCUT2D eigenvalue weighted by atomic mass is 19.1. The third-order valence-electron chi connectivity index (χ3n) is 4.00. The van der Waals surface area contributed by atoms with Crippen LogP contribution in [0.15, 0.2) is 54.7 Å². The first-order chi connectivity index (χ1) is 12.9. The SMILES string of the molecule is Cc1cc(Oc2cccc(C(=O)NCc3cc(F)cc(F)c3)c2C)ccn1. The molecule has 0 aliphatic heterocycles. The Kier molecular flexibility index (Phi) is 5.45. The van der Waals surface area contributed by atoms with Crippen molar-refractivity contribution in [1.82, 2.24) is 10.3 Å². The first-order valence-corrected chi connectivity index (χ1v) is 8.35. The van der Waals surface area contributed by atoms with Crippen LogP contribution < -0.4 is 10.1 Å². The van der Waals surface area contributed by atoms with Crippen LogP contribution in [0.2, 0.25) is 0 Å². The molecule has 6 heteroatoms. The molecular weight excluding hydrogens is 350 g/mol. The van der Waals surface area contributed by atoms with Crippen LogP contribution in [0.1, 0.15) is 27.2 Å². The molecule has 27 heavy (non-hydrogen) atoms. The second-order valence-corrected chi connectivity index (χ2v) is 6.12. The van der Waals surface area contributed by atoms with E-state index in [1.54, 1.807) is 43.5 Å². The van der Waals surface area contributed by atoms with E-state index in [9.17, 15) is 13.6 Å². The first-order valence-electron chi connectivity index (χ1n) is 8.35. The Morgan fingerprint density at radius 1 is 1.07 bits per heavy atom. The maximum Gasteiger partial charge on any atom is 0.251 e. The molecule has 2 aromatic carbocycles. The van der Waals surface area contributed by atoms with Crippen LogP contribution in [-0.4, -0.2) is 10.9 Å². The van der Waals surface area contributed by atoms with Gasteiger partial charge in [-0.25, -0.2) is 8.78 Å². The van der Waals surface area contributed by atoms with E-state index in [0.717, 1.165) is 11.8 Å². The quantitative estimate of drug-likeness (QED) is 0.710. The molecule has 1 N–H and O–H groups in total. The first kappa shape index (κ1) is 18.5. The van der Waals surface area contributed by atoms with Gasteiger partial charge in [0.05, 0.1) is 0 Å². The fraction of sp³-hybridized carbons (Fsp3) is 0.143. The molecule has 0 unspecified atom stereocenters. The number of hydrogen-bond acceptors (Lipinski definition) is 3. The van der Waals surface area contributed by atoms with E-state index in [2.05, 4.69) is 10.3 Å². The Labute approximate surface area is 155 Å². The molecule has 0 radical (unpaired) electrons. The lowest BCUT2D eigenvalue weighted by Gasteiger charge is -2.13. The molecule has 0 atom stereocenters. The molecule has 0 bridgehead atoms. The number of amides is 1. The molecule has 1 amide bonds. The van der Waals surface area contributed by atoms with E-state index in [0.29, 0.717) is 28.2 Å². The van der Waals surface area contributed by atoms with Crippen LogP contribution in [0.3, 0.4) is 0 Å². The van der Waals surface area contributed by atoms with Crippen molar-refractivity contribution in [2.45, 2.75) is 20.4 Å². The van der Waals surface area contributed by atoms with Crippen molar-refractivity contribution in [3.8, 4) is 11.5 Å². The number of benzene rings is 2. The van der Waals surface area contributed by atoms with E-state index in [-0.39, 0.29) is 12.5 Å². The van der Waals surface area contributed by atoms with Crippen molar-refractivity contribution in [1.29, 1.82) is 0 Å². The maximum absolute atomic E-state index is 13.3. The third-order valence-corrected chi connectivity index (χ3v) is 4.00. The predicted molar refractivity (Wildman–Crippen MR) is 97.8 cm³/mol. The number of halogens is 2. The molecule has 4 nitrogen and oxygen atoms in total. The number of nitrogens with zero attached hydrogens (tertiary/aromatic N) is 1. The van der Waals surface area contributed by atoms with Crippen molar-refractivity contribution < 1.29 is 18.3 Å². The minimum absolute atomic E-state index is 0.0155. The third kappa shape index (κ3) is 4.67. The zero-order valence-electron chi connectivity index (χ0n) is 14.9. The highest BCUT2D eigenvalue weighted by Crippen LogP contribution is 2.27. The number of aryl methyl sites for hydroxylation is 1. The minimum atomic E-state index is -0.682. The molecule has 0 aliphatic carbocycles. The number of carbonyl (C=O) groups is 1. The molecule has 0 saturated carbocycles. The zero-order chi connectivity index (χ0) is 19.4. The minimum Gasteiger partial charge on any atom is -0.457 e. The highest BCUT2D eigenvalue weighted by Gasteiger charge is 2.13. The zero-order valence-corrected chi connectivity index (χ0v) is 14.9. The molecule has 3 aromatic rings. The molecule has 0 saturated heterocycles. The number of ether oxygens (including phenoxy) is 1. The Balaban J connectivity index is 1.75. The van der Waals surface area contributed by atoms with E-state index in [1.807, 2.05) is 6.92 Å². The number of carbonyl (C=O) groups excluding carboxylic acids is 1. The molecule has 1 heterocycles. The Morgan fingerprint density at radius 2 is 1.81 bits per heavy atom. The fourth-order valence-electron chi connectivity index (χ4n) is 2.67. The Morgan fingerprint density at radius 3 is 2.52 bits per heavy atom. The summed E-state index contributed by atoms with van der Waals surface area (Å²) in [4.78, 5) is 16.6. The standard InChI is InChI=1S/C21H18F2N2O2/c1-13-8-18(6-7-24-13)27-20-5-3-4-19(14(20)2)21(26)25-12-15-9-16(22)11-17(23)10-15/h3-11H,12H2,1-2H3,(H,25,26). The van der Waals surface area contributed by atoms with Gasteiger partial charge in [-0.05, 0) is 49.7 Å². The van der Waals surface area contributed by atoms with Crippen LogP contribution in [0.4, 0.5) is 8.78 Å². The molecule has 0 aliphatic rings. The smallest absolute Gasteiger partial charge is 0.251 e.